The molecule has 2 aromatic heterocycles. The number of hydrogen-bond acceptors (Lipinski definition) is 5. The van der Waals surface area contributed by atoms with Crippen LogP contribution in [-0.2, 0) is 7.05 Å². The fourth-order valence-corrected chi connectivity index (χ4v) is 3.51. The number of aromatic nitrogens is 4. The lowest BCUT2D eigenvalue weighted by Crippen LogP contribution is -2.27. The zero-order valence-corrected chi connectivity index (χ0v) is 13.6. The highest BCUT2D eigenvalue weighted by atomic mass is 35.5. The van der Waals surface area contributed by atoms with Crippen LogP contribution in [0.2, 0.25) is 5.15 Å². The molecule has 1 fully saturated rings. The Labute approximate surface area is 129 Å². The summed E-state index contributed by atoms with van der Waals surface area (Å²) >= 11 is 6.44. The molecule has 0 N–H and O–H groups in total. The molecule has 3 heterocycles. The van der Waals surface area contributed by atoms with E-state index in [1.165, 1.54) is 0 Å². The van der Waals surface area contributed by atoms with Crippen molar-refractivity contribution < 1.29 is 4.42 Å². The Morgan fingerprint density at radius 1 is 1.33 bits per heavy atom. The van der Waals surface area contributed by atoms with Crippen LogP contribution >= 0.6 is 11.6 Å². The van der Waals surface area contributed by atoms with Gasteiger partial charge < -0.3 is 4.42 Å². The van der Waals surface area contributed by atoms with E-state index in [1.54, 1.807) is 4.68 Å². The lowest BCUT2D eigenvalue weighted by Gasteiger charge is -2.28. The summed E-state index contributed by atoms with van der Waals surface area (Å²) in [5.74, 6) is 1.26. The highest BCUT2D eigenvalue weighted by molar-refractivity contribution is 6.30. The Hall–Kier alpha value is -1.40. The van der Waals surface area contributed by atoms with Crippen molar-refractivity contribution in [1.82, 2.24) is 24.9 Å². The molecule has 0 aliphatic carbocycles. The predicted octanol–water partition coefficient (Wildman–Crippen LogP) is 2.97. The van der Waals surface area contributed by atoms with Crippen molar-refractivity contribution in [2.75, 3.05) is 6.54 Å². The van der Waals surface area contributed by atoms with E-state index in [0.29, 0.717) is 11.8 Å². The van der Waals surface area contributed by atoms with E-state index in [1.807, 2.05) is 20.9 Å². The molecular formula is C14H20ClN5O. The van der Waals surface area contributed by atoms with Gasteiger partial charge in [-0.05, 0) is 33.2 Å². The van der Waals surface area contributed by atoms with Gasteiger partial charge in [-0.3, -0.25) is 9.58 Å². The van der Waals surface area contributed by atoms with Gasteiger partial charge in [-0.25, -0.2) is 0 Å². The average Bonchev–Trinajstić information content (AvgIpc) is 3.11. The third kappa shape index (κ3) is 2.46. The molecule has 0 amide bonds. The topological polar surface area (TPSA) is 60.0 Å². The summed E-state index contributed by atoms with van der Waals surface area (Å²) in [5, 5.41) is 13.2. The molecule has 1 aliphatic heterocycles. The van der Waals surface area contributed by atoms with Gasteiger partial charge >= 0.3 is 0 Å². The maximum Gasteiger partial charge on any atom is 0.233 e. The summed E-state index contributed by atoms with van der Waals surface area (Å²) in [4.78, 5) is 2.38. The van der Waals surface area contributed by atoms with Gasteiger partial charge in [0.05, 0.1) is 11.7 Å². The molecule has 1 saturated heterocycles. The third-order valence-corrected chi connectivity index (χ3v) is 4.67. The van der Waals surface area contributed by atoms with E-state index in [9.17, 15) is 0 Å². The van der Waals surface area contributed by atoms with Gasteiger partial charge in [0.25, 0.3) is 0 Å². The first-order chi connectivity index (χ1) is 9.99. The standard InChI is InChI=1S/C14H20ClN5O/c1-8-12(13(15)19(4)18-8)11-6-5-7-20(11)9(2)14-17-16-10(3)21-14/h9,11H,5-7H2,1-4H3/t9-,11-/m0/s1. The Balaban J connectivity index is 1.92. The zero-order chi connectivity index (χ0) is 15.1. The van der Waals surface area contributed by atoms with Gasteiger partial charge in [-0.15, -0.1) is 10.2 Å². The Kier molecular flexibility index (Phi) is 3.75. The molecule has 0 spiro atoms. The molecule has 7 heteroatoms. The molecule has 0 saturated carbocycles. The summed E-state index contributed by atoms with van der Waals surface area (Å²) in [6, 6.07) is 0.336. The van der Waals surface area contributed by atoms with Crippen molar-refractivity contribution in [2.45, 2.75) is 45.7 Å². The first-order valence-electron chi connectivity index (χ1n) is 7.23. The van der Waals surface area contributed by atoms with E-state index in [-0.39, 0.29) is 12.1 Å². The molecule has 2 atom stereocenters. The van der Waals surface area contributed by atoms with Crippen LogP contribution in [0.15, 0.2) is 4.42 Å². The van der Waals surface area contributed by atoms with Gasteiger partial charge in [0.15, 0.2) is 0 Å². The Morgan fingerprint density at radius 3 is 2.67 bits per heavy atom. The fraction of sp³-hybridized carbons (Fsp3) is 0.643. The van der Waals surface area contributed by atoms with Crippen LogP contribution in [0.3, 0.4) is 0 Å². The van der Waals surface area contributed by atoms with Crippen LogP contribution in [0.1, 0.15) is 54.9 Å². The Bertz CT molecular complexity index is 650. The third-order valence-electron chi connectivity index (χ3n) is 4.22. The van der Waals surface area contributed by atoms with Crippen molar-refractivity contribution in [1.29, 1.82) is 0 Å². The largest absolute Gasteiger partial charge is 0.424 e. The molecule has 0 radical (unpaired) electrons. The number of aryl methyl sites for hydroxylation is 3. The minimum atomic E-state index is 0.0781. The Morgan fingerprint density at radius 2 is 2.10 bits per heavy atom. The van der Waals surface area contributed by atoms with Crippen LogP contribution in [0.4, 0.5) is 0 Å². The van der Waals surface area contributed by atoms with E-state index >= 15 is 0 Å². The number of likely N-dealkylation sites (tertiary alicyclic amines) is 1. The predicted molar refractivity (Wildman–Crippen MR) is 79.1 cm³/mol. The van der Waals surface area contributed by atoms with E-state index < -0.39 is 0 Å². The SMILES string of the molecule is Cc1nnc([C@H](C)N2CCC[C@H]2c2c(C)nn(C)c2Cl)o1. The second-order valence-electron chi connectivity index (χ2n) is 5.64. The molecule has 21 heavy (non-hydrogen) atoms. The second-order valence-corrected chi connectivity index (χ2v) is 6.00. The number of nitrogens with zero attached hydrogens (tertiary/aromatic N) is 5. The van der Waals surface area contributed by atoms with Crippen LogP contribution < -0.4 is 0 Å². The van der Waals surface area contributed by atoms with E-state index in [0.717, 1.165) is 35.8 Å². The first kappa shape index (κ1) is 14.5. The molecule has 0 aromatic carbocycles. The second kappa shape index (κ2) is 5.42. The minimum Gasteiger partial charge on any atom is -0.424 e. The summed E-state index contributed by atoms with van der Waals surface area (Å²) in [6.45, 7) is 6.93. The quantitative estimate of drug-likeness (QED) is 0.872. The number of hydrogen-bond donors (Lipinski definition) is 0. The molecule has 0 bridgehead atoms. The van der Waals surface area contributed by atoms with Crippen LogP contribution in [-0.4, -0.2) is 31.4 Å². The van der Waals surface area contributed by atoms with Gasteiger partial charge in [0, 0.05) is 25.6 Å². The van der Waals surface area contributed by atoms with Crippen molar-refractivity contribution >= 4 is 11.6 Å². The lowest BCUT2D eigenvalue weighted by atomic mass is 10.0. The lowest BCUT2D eigenvalue weighted by molar-refractivity contribution is 0.166. The summed E-state index contributed by atoms with van der Waals surface area (Å²) in [6.07, 6.45) is 2.20. The van der Waals surface area contributed by atoms with Crippen LogP contribution in [0, 0.1) is 13.8 Å². The monoisotopic (exact) mass is 309 g/mol. The van der Waals surface area contributed by atoms with Gasteiger partial charge in [0.2, 0.25) is 11.8 Å². The molecule has 2 aromatic rings. The summed E-state index contributed by atoms with van der Waals surface area (Å²) < 4.78 is 7.33. The van der Waals surface area contributed by atoms with Crippen molar-refractivity contribution in [3.8, 4) is 0 Å². The highest BCUT2D eigenvalue weighted by Gasteiger charge is 2.35. The summed E-state index contributed by atoms with van der Waals surface area (Å²) in [5.41, 5.74) is 2.12. The maximum atomic E-state index is 6.44. The highest BCUT2D eigenvalue weighted by Crippen LogP contribution is 2.41. The van der Waals surface area contributed by atoms with Crippen LogP contribution in [0.5, 0.6) is 0 Å². The van der Waals surface area contributed by atoms with Crippen molar-refractivity contribution in [3.05, 3.63) is 28.2 Å². The molecular weight excluding hydrogens is 290 g/mol. The maximum absolute atomic E-state index is 6.44. The number of rotatable bonds is 3. The fourth-order valence-electron chi connectivity index (χ4n) is 3.21. The van der Waals surface area contributed by atoms with Crippen molar-refractivity contribution in [3.63, 3.8) is 0 Å². The number of halogens is 1. The molecule has 0 unspecified atom stereocenters. The minimum absolute atomic E-state index is 0.0781. The van der Waals surface area contributed by atoms with Gasteiger partial charge in [0.1, 0.15) is 5.15 Å². The first-order valence-corrected chi connectivity index (χ1v) is 7.61. The average molecular weight is 310 g/mol. The normalized spacial score (nSPS) is 21.1. The molecule has 6 nitrogen and oxygen atoms in total. The van der Waals surface area contributed by atoms with Crippen molar-refractivity contribution in [2.24, 2.45) is 7.05 Å². The molecule has 114 valence electrons. The van der Waals surface area contributed by atoms with Gasteiger partial charge in [-0.2, -0.15) is 5.10 Å². The van der Waals surface area contributed by atoms with Gasteiger partial charge in [-0.1, -0.05) is 11.6 Å². The zero-order valence-electron chi connectivity index (χ0n) is 12.8. The molecule has 1 aliphatic rings. The van der Waals surface area contributed by atoms with E-state index in [4.69, 9.17) is 16.0 Å². The smallest absolute Gasteiger partial charge is 0.233 e. The molecule has 3 rings (SSSR count). The summed E-state index contributed by atoms with van der Waals surface area (Å²) in [7, 11) is 1.88. The van der Waals surface area contributed by atoms with Crippen LogP contribution in [0.25, 0.3) is 0 Å². The van der Waals surface area contributed by atoms with E-state index in [2.05, 4.69) is 27.1 Å².